The summed E-state index contributed by atoms with van der Waals surface area (Å²) in [5.41, 5.74) is 0. The SMILES string of the molecule is CC(C)N1CC2CN(C(=O)N(C)C)CC2C1. The van der Waals surface area contributed by atoms with E-state index in [-0.39, 0.29) is 6.03 Å². The molecular formula is C12H23N3O. The minimum Gasteiger partial charge on any atom is -0.331 e. The molecule has 0 aromatic carbocycles. The van der Waals surface area contributed by atoms with Gasteiger partial charge < -0.3 is 14.7 Å². The molecule has 2 unspecified atom stereocenters. The van der Waals surface area contributed by atoms with Gasteiger partial charge in [-0.2, -0.15) is 0 Å². The number of urea groups is 1. The standard InChI is InChI=1S/C12H23N3O/c1-9(2)14-5-10-7-15(8-11(10)6-14)12(16)13(3)4/h9-11H,5-8H2,1-4H3. The monoisotopic (exact) mass is 225 g/mol. The van der Waals surface area contributed by atoms with Gasteiger partial charge in [0.15, 0.2) is 0 Å². The number of nitrogens with zero attached hydrogens (tertiary/aromatic N) is 3. The second kappa shape index (κ2) is 4.24. The first-order valence-corrected chi connectivity index (χ1v) is 6.19. The van der Waals surface area contributed by atoms with Gasteiger partial charge in [0.25, 0.3) is 0 Å². The summed E-state index contributed by atoms with van der Waals surface area (Å²) in [5.74, 6) is 1.40. The number of carbonyl (C=O) groups excluding carboxylic acids is 1. The molecule has 2 amide bonds. The van der Waals surface area contributed by atoms with Gasteiger partial charge in [-0.05, 0) is 25.7 Å². The molecule has 2 atom stereocenters. The molecule has 0 saturated carbocycles. The van der Waals surface area contributed by atoms with Gasteiger partial charge in [0.1, 0.15) is 0 Å². The quantitative estimate of drug-likeness (QED) is 0.664. The molecule has 0 aromatic rings. The van der Waals surface area contributed by atoms with Crippen LogP contribution in [0, 0.1) is 11.8 Å². The first kappa shape index (κ1) is 11.7. The van der Waals surface area contributed by atoms with Crippen LogP contribution < -0.4 is 0 Å². The van der Waals surface area contributed by atoms with Gasteiger partial charge in [-0.15, -0.1) is 0 Å². The Balaban J connectivity index is 1.91. The Bertz CT molecular complexity index is 263. The molecule has 2 fully saturated rings. The van der Waals surface area contributed by atoms with E-state index in [0.717, 1.165) is 13.1 Å². The van der Waals surface area contributed by atoms with E-state index in [1.54, 1.807) is 4.90 Å². The van der Waals surface area contributed by atoms with Crippen LogP contribution >= 0.6 is 0 Å². The summed E-state index contributed by atoms with van der Waals surface area (Å²) in [6, 6.07) is 0.814. The number of likely N-dealkylation sites (tertiary alicyclic amines) is 2. The largest absolute Gasteiger partial charge is 0.331 e. The average Bonchev–Trinajstić information content (AvgIpc) is 2.72. The maximum absolute atomic E-state index is 11.8. The van der Waals surface area contributed by atoms with Crippen molar-refractivity contribution in [2.24, 2.45) is 11.8 Å². The lowest BCUT2D eigenvalue weighted by Gasteiger charge is -2.25. The average molecular weight is 225 g/mol. The molecule has 2 aliphatic rings. The van der Waals surface area contributed by atoms with Crippen LogP contribution in [0.5, 0.6) is 0 Å². The molecule has 0 aliphatic carbocycles. The Kier molecular flexibility index (Phi) is 3.10. The van der Waals surface area contributed by atoms with Crippen LogP contribution in [0.4, 0.5) is 4.79 Å². The molecular weight excluding hydrogens is 202 g/mol. The summed E-state index contributed by atoms with van der Waals surface area (Å²) in [5, 5.41) is 0. The van der Waals surface area contributed by atoms with Crippen molar-refractivity contribution >= 4 is 6.03 Å². The number of carbonyl (C=O) groups is 1. The number of rotatable bonds is 1. The first-order chi connectivity index (χ1) is 7.49. The smallest absolute Gasteiger partial charge is 0.319 e. The van der Waals surface area contributed by atoms with Gasteiger partial charge in [-0.25, -0.2) is 4.79 Å². The van der Waals surface area contributed by atoms with Crippen LogP contribution in [0.3, 0.4) is 0 Å². The second-order valence-electron chi connectivity index (χ2n) is 5.65. The van der Waals surface area contributed by atoms with Crippen molar-refractivity contribution in [1.82, 2.24) is 14.7 Å². The highest BCUT2D eigenvalue weighted by Gasteiger charge is 2.42. The van der Waals surface area contributed by atoms with Crippen molar-refractivity contribution in [1.29, 1.82) is 0 Å². The molecule has 92 valence electrons. The van der Waals surface area contributed by atoms with E-state index in [9.17, 15) is 4.79 Å². The minimum absolute atomic E-state index is 0.172. The fourth-order valence-corrected chi connectivity index (χ4v) is 2.89. The predicted octanol–water partition coefficient (Wildman–Crippen LogP) is 0.940. The van der Waals surface area contributed by atoms with Crippen LogP contribution in [0.2, 0.25) is 0 Å². The third kappa shape index (κ3) is 2.03. The maximum Gasteiger partial charge on any atom is 0.319 e. The summed E-state index contributed by atoms with van der Waals surface area (Å²) < 4.78 is 0. The molecule has 16 heavy (non-hydrogen) atoms. The fourth-order valence-electron chi connectivity index (χ4n) is 2.89. The van der Waals surface area contributed by atoms with Crippen LogP contribution in [-0.2, 0) is 0 Å². The van der Waals surface area contributed by atoms with E-state index in [2.05, 4.69) is 18.7 Å². The van der Waals surface area contributed by atoms with E-state index in [1.807, 2.05) is 19.0 Å². The lowest BCUT2D eigenvalue weighted by Crippen LogP contribution is -2.40. The lowest BCUT2D eigenvalue weighted by molar-refractivity contribution is 0.171. The molecule has 0 N–H and O–H groups in total. The molecule has 2 aliphatic heterocycles. The Morgan fingerprint density at radius 2 is 1.62 bits per heavy atom. The van der Waals surface area contributed by atoms with Crippen molar-refractivity contribution in [2.75, 3.05) is 40.3 Å². The van der Waals surface area contributed by atoms with Crippen molar-refractivity contribution in [2.45, 2.75) is 19.9 Å². The molecule has 2 heterocycles. The molecule has 0 spiro atoms. The van der Waals surface area contributed by atoms with Crippen LogP contribution in [-0.4, -0.2) is 67.0 Å². The summed E-state index contributed by atoms with van der Waals surface area (Å²) in [6.07, 6.45) is 0. The Morgan fingerprint density at radius 3 is 2.00 bits per heavy atom. The van der Waals surface area contributed by atoms with E-state index in [1.165, 1.54) is 13.1 Å². The zero-order valence-electron chi connectivity index (χ0n) is 10.8. The maximum atomic E-state index is 11.8. The van der Waals surface area contributed by atoms with E-state index in [0.29, 0.717) is 17.9 Å². The number of hydrogen-bond donors (Lipinski definition) is 0. The predicted molar refractivity (Wildman–Crippen MR) is 64.3 cm³/mol. The van der Waals surface area contributed by atoms with Gasteiger partial charge >= 0.3 is 6.03 Å². The van der Waals surface area contributed by atoms with Crippen molar-refractivity contribution in [3.63, 3.8) is 0 Å². The minimum atomic E-state index is 0.172. The Morgan fingerprint density at radius 1 is 1.12 bits per heavy atom. The van der Waals surface area contributed by atoms with Crippen LogP contribution in [0.15, 0.2) is 0 Å². The molecule has 2 saturated heterocycles. The van der Waals surface area contributed by atoms with Crippen LogP contribution in [0.25, 0.3) is 0 Å². The van der Waals surface area contributed by atoms with Crippen LogP contribution in [0.1, 0.15) is 13.8 Å². The summed E-state index contributed by atoms with van der Waals surface area (Å²) >= 11 is 0. The van der Waals surface area contributed by atoms with Gasteiger partial charge in [0.2, 0.25) is 0 Å². The molecule has 0 bridgehead atoms. The third-order valence-corrected chi connectivity index (χ3v) is 3.90. The topological polar surface area (TPSA) is 26.8 Å². The van der Waals surface area contributed by atoms with Crippen molar-refractivity contribution in [3.8, 4) is 0 Å². The lowest BCUT2D eigenvalue weighted by atomic mass is 10.0. The fraction of sp³-hybridized carbons (Fsp3) is 0.917. The van der Waals surface area contributed by atoms with E-state index < -0.39 is 0 Å². The first-order valence-electron chi connectivity index (χ1n) is 6.19. The Hall–Kier alpha value is -0.770. The molecule has 0 radical (unpaired) electrons. The van der Waals surface area contributed by atoms with Gasteiger partial charge in [0.05, 0.1) is 0 Å². The van der Waals surface area contributed by atoms with E-state index in [4.69, 9.17) is 0 Å². The summed E-state index contributed by atoms with van der Waals surface area (Å²) in [6.45, 7) is 8.74. The highest BCUT2D eigenvalue weighted by Crippen LogP contribution is 2.32. The third-order valence-electron chi connectivity index (χ3n) is 3.90. The highest BCUT2D eigenvalue weighted by atomic mass is 16.2. The zero-order chi connectivity index (χ0) is 11.9. The molecule has 0 aromatic heterocycles. The molecule has 4 nitrogen and oxygen atoms in total. The Labute approximate surface area is 98.2 Å². The van der Waals surface area contributed by atoms with Gasteiger partial charge in [-0.3, -0.25) is 0 Å². The van der Waals surface area contributed by atoms with Gasteiger partial charge in [0, 0.05) is 46.3 Å². The molecule has 2 rings (SSSR count). The molecule has 4 heteroatoms. The number of amides is 2. The van der Waals surface area contributed by atoms with Crippen molar-refractivity contribution < 1.29 is 4.79 Å². The summed E-state index contributed by atoms with van der Waals surface area (Å²) in [4.78, 5) is 18.1. The normalized spacial score (nSPS) is 29.9. The van der Waals surface area contributed by atoms with Gasteiger partial charge in [-0.1, -0.05) is 0 Å². The number of fused-ring (bicyclic) bond motifs is 1. The van der Waals surface area contributed by atoms with E-state index >= 15 is 0 Å². The highest BCUT2D eigenvalue weighted by molar-refractivity contribution is 5.74. The zero-order valence-corrected chi connectivity index (χ0v) is 10.8. The summed E-state index contributed by atoms with van der Waals surface area (Å²) in [7, 11) is 3.66. The van der Waals surface area contributed by atoms with Crippen molar-refractivity contribution in [3.05, 3.63) is 0 Å². The second-order valence-corrected chi connectivity index (χ2v) is 5.65. The number of hydrogen-bond acceptors (Lipinski definition) is 2.